The minimum Gasteiger partial charge on any atom is -0.346 e. The largest absolute Gasteiger partial charge is 0.389 e. The van der Waals surface area contributed by atoms with Gasteiger partial charge in [0.25, 0.3) is 5.91 Å². The van der Waals surface area contributed by atoms with Crippen LogP contribution >= 0.6 is 0 Å². The van der Waals surface area contributed by atoms with Crippen molar-refractivity contribution in [3.8, 4) is 0 Å². The molecule has 1 unspecified atom stereocenters. The smallest absolute Gasteiger partial charge is 0.346 e. The Morgan fingerprint density at radius 3 is 2.09 bits per heavy atom. The summed E-state index contributed by atoms with van der Waals surface area (Å²) in [5.41, 5.74) is 0.657. The number of likely N-dealkylation sites (tertiary alicyclic amines) is 1. The van der Waals surface area contributed by atoms with Gasteiger partial charge in [-0.3, -0.25) is 24.0 Å². The van der Waals surface area contributed by atoms with Crippen LogP contribution in [0, 0.1) is 23.7 Å². The molecule has 0 spiro atoms. The van der Waals surface area contributed by atoms with Crippen LogP contribution in [0.4, 0.5) is 18.0 Å². The van der Waals surface area contributed by atoms with Gasteiger partial charge in [-0.25, -0.2) is 4.79 Å². The van der Waals surface area contributed by atoms with Crippen LogP contribution in [0.25, 0.3) is 0 Å². The summed E-state index contributed by atoms with van der Waals surface area (Å²) in [6.45, 7) is 13.3. The lowest BCUT2D eigenvalue weighted by Crippen LogP contribution is -2.60. The number of rotatable bonds is 21. The summed E-state index contributed by atoms with van der Waals surface area (Å²) < 4.78 is 37.6. The van der Waals surface area contributed by atoms with E-state index in [2.05, 4.69) is 34.4 Å². The minimum atomic E-state index is -4.22. The third kappa shape index (κ3) is 13.6. The molecule has 3 fully saturated rings. The van der Waals surface area contributed by atoms with Gasteiger partial charge in [-0.1, -0.05) is 77.0 Å². The molecule has 0 aromatic carbocycles. The van der Waals surface area contributed by atoms with Gasteiger partial charge in [0, 0.05) is 31.3 Å². The molecule has 2 aliphatic carbocycles. The molecule has 11 nitrogen and oxygen atoms in total. The zero-order chi connectivity index (χ0) is 39.3. The Hall–Kier alpha value is -3.71. The molecule has 1 aliphatic heterocycles. The highest BCUT2D eigenvalue weighted by Gasteiger charge is 2.47. The van der Waals surface area contributed by atoms with Gasteiger partial charge in [0.2, 0.25) is 17.6 Å². The predicted octanol–water partition coefficient (Wildman–Crippen LogP) is 5.68. The molecule has 2 saturated carbocycles. The minimum absolute atomic E-state index is 0.00431. The van der Waals surface area contributed by atoms with Crippen LogP contribution in [0.1, 0.15) is 117 Å². The van der Waals surface area contributed by atoms with Gasteiger partial charge in [-0.15, -0.1) is 6.58 Å². The molecule has 3 aliphatic rings. The van der Waals surface area contributed by atoms with Crippen molar-refractivity contribution < 1.29 is 41.9 Å². The fourth-order valence-electron chi connectivity index (χ4n) is 7.56. The molecule has 0 aromatic heterocycles. The predicted molar refractivity (Wildman–Crippen MR) is 195 cm³/mol. The quantitative estimate of drug-likeness (QED) is 0.0673. The normalized spacial score (nSPS) is 20.9. The van der Waals surface area contributed by atoms with E-state index < -0.39 is 72.2 Å². The summed E-state index contributed by atoms with van der Waals surface area (Å²) >= 11 is 0. The van der Waals surface area contributed by atoms with E-state index in [9.17, 15) is 41.9 Å². The number of ketones is 2. The molecule has 5 amide bonds. The number of nitrogens with zero attached hydrogens (tertiary/aromatic N) is 1. The molecule has 14 heteroatoms. The van der Waals surface area contributed by atoms with Crippen molar-refractivity contribution in [1.29, 1.82) is 0 Å². The molecule has 53 heavy (non-hydrogen) atoms. The summed E-state index contributed by atoms with van der Waals surface area (Å²) in [5.74, 6) is -3.73. The van der Waals surface area contributed by atoms with E-state index >= 15 is 0 Å². The van der Waals surface area contributed by atoms with E-state index in [0.717, 1.165) is 32.1 Å². The maximum atomic E-state index is 14.5. The van der Waals surface area contributed by atoms with Crippen LogP contribution in [0.2, 0.25) is 0 Å². The maximum absolute atomic E-state index is 14.5. The monoisotopic (exact) mass is 751 g/mol. The highest BCUT2D eigenvalue weighted by atomic mass is 19.4. The number of Topliss-reactive ketones (excluding diaryl/α,β-unsaturated/α-hetero) is 2. The summed E-state index contributed by atoms with van der Waals surface area (Å²) in [7, 11) is 0. The molecule has 5 atom stereocenters. The molecule has 1 heterocycles. The van der Waals surface area contributed by atoms with Crippen LogP contribution in [0.15, 0.2) is 24.8 Å². The highest BCUT2D eigenvalue weighted by molar-refractivity contribution is 6.38. The van der Waals surface area contributed by atoms with Crippen LogP contribution in [0.3, 0.4) is 0 Å². The first-order valence-electron chi connectivity index (χ1n) is 19.4. The van der Waals surface area contributed by atoms with E-state index in [-0.39, 0.29) is 49.5 Å². The average molecular weight is 752 g/mol. The number of hydrogen-bond acceptors (Lipinski definition) is 6. The van der Waals surface area contributed by atoms with Gasteiger partial charge in [-0.2, -0.15) is 13.2 Å². The third-order valence-electron chi connectivity index (χ3n) is 10.7. The van der Waals surface area contributed by atoms with Crippen molar-refractivity contribution in [2.45, 2.75) is 147 Å². The number of halogens is 3. The highest BCUT2D eigenvalue weighted by Crippen LogP contribution is 2.34. The lowest BCUT2D eigenvalue weighted by atomic mass is 9.83. The third-order valence-corrected chi connectivity index (χ3v) is 10.7. The molecule has 0 aromatic rings. The number of amides is 5. The van der Waals surface area contributed by atoms with Crippen LogP contribution in [-0.4, -0.2) is 83.7 Å². The number of carbonyl (C=O) groups is 6. The van der Waals surface area contributed by atoms with Crippen molar-refractivity contribution in [3.63, 3.8) is 0 Å². The fraction of sp³-hybridized carbons (Fsp3) is 0.744. The van der Waals surface area contributed by atoms with E-state index in [0.29, 0.717) is 50.5 Å². The van der Waals surface area contributed by atoms with Crippen molar-refractivity contribution in [2.75, 3.05) is 13.1 Å². The lowest BCUT2D eigenvalue weighted by Gasteiger charge is -2.36. The first-order valence-corrected chi connectivity index (χ1v) is 19.4. The second-order valence-corrected chi connectivity index (χ2v) is 15.5. The Bertz CT molecular complexity index is 1330. The Labute approximate surface area is 312 Å². The van der Waals surface area contributed by atoms with Gasteiger partial charge in [0.05, 0.1) is 12.1 Å². The number of alkyl halides is 3. The Kier molecular flexibility index (Phi) is 17.0. The number of hydrogen-bond donors (Lipinski definition) is 4. The van der Waals surface area contributed by atoms with Gasteiger partial charge in [0.15, 0.2) is 5.78 Å². The van der Waals surface area contributed by atoms with Gasteiger partial charge >= 0.3 is 12.2 Å². The SMILES string of the molecule is C=CCNC(=O)C(=O)C(CCCCCCCC(F)(F)F)NC(=O)[C@@H]1[C@@H](C(=C)C)CCN1C(=O)[C@@H](NC(=O)N[C@H](C(=O)C1CC1)C(C)C)C1CCCCC1. The van der Waals surface area contributed by atoms with Crippen molar-refractivity contribution >= 4 is 35.3 Å². The van der Waals surface area contributed by atoms with Crippen LogP contribution in [0.5, 0.6) is 0 Å². The topological polar surface area (TPSA) is 154 Å². The molecular formula is C39H60F3N5O6. The second kappa shape index (κ2) is 20.7. The summed E-state index contributed by atoms with van der Waals surface area (Å²) in [5, 5.41) is 10.9. The maximum Gasteiger partial charge on any atom is 0.389 e. The molecule has 0 bridgehead atoms. The van der Waals surface area contributed by atoms with Crippen LogP contribution in [-0.2, 0) is 24.0 Å². The van der Waals surface area contributed by atoms with Crippen LogP contribution < -0.4 is 21.3 Å². The fourth-order valence-corrected chi connectivity index (χ4v) is 7.56. The first kappa shape index (κ1) is 43.7. The molecule has 0 radical (unpaired) electrons. The van der Waals surface area contributed by atoms with E-state index in [1.165, 1.54) is 11.0 Å². The molecular weight excluding hydrogens is 691 g/mol. The van der Waals surface area contributed by atoms with Crippen molar-refractivity contribution in [1.82, 2.24) is 26.2 Å². The standard InChI is InChI=1S/C39H60F3N5O6/c1-6-22-43-36(51)34(49)29(17-13-8-7-9-14-21-39(40,41)42)44-35(50)32-28(24(2)3)20-23-47(32)37(52)31(26-15-11-10-12-16-26)46-38(53)45-30(25(4)5)33(48)27-18-19-27/h6,25-32H,1-2,7-23H2,3-5H3,(H,43,51)(H,44,50)(H2,45,46,53)/t28-,29?,30+,31+,32+/m1/s1. The lowest BCUT2D eigenvalue weighted by molar-refractivity contribution is -0.144. The summed E-state index contributed by atoms with van der Waals surface area (Å²) in [6, 6.07) is -4.57. The zero-order valence-electron chi connectivity index (χ0n) is 31.7. The Morgan fingerprint density at radius 1 is 0.868 bits per heavy atom. The van der Waals surface area contributed by atoms with E-state index in [1.807, 2.05) is 13.8 Å². The van der Waals surface area contributed by atoms with Gasteiger partial charge < -0.3 is 26.2 Å². The van der Waals surface area contributed by atoms with E-state index in [1.54, 1.807) is 6.92 Å². The summed E-state index contributed by atoms with van der Waals surface area (Å²) in [6.07, 6.45) is 4.29. The zero-order valence-corrected chi connectivity index (χ0v) is 31.7. The Balaban J connectivity index is 1.80. The molecule has 1 saturated heterocycles. The Morgan fingerprint density at radius 2 is 1.51 bits per heavy atom. The first-order chi connectivity index (χ1) is 25.0. The average Bonchev–Trinajstić information content (AvgIpc) is 3.86. The molecule has 298 valence electrons. The number of urea groups is 1. The van der Waals surface area contributed by atoms with E-state index in [4.69, 9.17) is 0 Å². The van der Waals surface area contributed by atoms with Crippen molar-refractivity contribution in [2.24, 2.45) is 23.7 Å². The number of carbonyl (C=O) groups excluding carboxylic acids is 6. The second-order valence-electron chi connectivity index (χ2n) is 15.5. The van der Waals surface area contributed by atoms with Gasteiger partial charge in [0.1, 0.15) is 12.1 Å². The summed E-state index contributed by atoms with van der Waals surface area (Å²) in [4.78, 5) is 82.6. The molecule has 4 N–H and O–H groups in total. The molecule has 3 rings (SSSR count). The van der Waals surface area contributed by atoms with Gasteiger partial charge in [-0.05, 0) is 63.7 Å². The van der Waals surface area contributed by atoms with Crippen molar-refractivity contribution in [3.05, 3.63) is 24.8 Å². The number of nitrogens with one attached hydrogen (secondary N) is 4. The number of unbranched alkanes of at least 4 members (excludes halogenated alkanes) is 4.